The Hall–Kier alpha value is -3.02. The second-order valence-electron chi connectivity index (χ2n) is 10.6. The fraction of sp³-hybridized carbons (Fsp3) is 0.576. The Morgan fingerprint density at radius 2 is 1.55 bits per heavy atom. The first-order valence-electron chi connectivity index (χ1n) is 13.3. The lowest BCUT2D eigenvalue weighted by Crippen LogP contribution is -2.29. The van der Waals surface area contributed by atoms with Crippen LogP contribution in [0.1, 0.15) is 99.8 Å². The number of carbonyl (C=O) groups excluding carboxylic acids is 2. The van der Waals surface area contributed by atoms with Crippen molar-refractivity contribution < 1.29 is 23.8 Å². The van der Waals surface area contributed by atoms with Crippen molar-refractivity contribution in [1.82, 2.24) is 0 Å². The maximum absolute atomic E-state index is 12.9. The molecule has 0 N–H and O–H groups in total. The summed E-state index contributed by atoms with van der Waals surface area (Å²) in [7, 11) is 0. The number of hydrogen-bond acceptors (Lipinski definition) is 5. The van der Waals surface area contributed by atoms with Crippen LogP contribution in [0.15, 0.2) is 47.1 Å². The van der Waals surface area contributed by atoms with Gasteiger partial charge < -0.3 is 14.2 Å². The van der Waals surface area contributed by atoms with E-state index in [9.17, 15) is 9.59 Å². The quantitative estimate of drug-likeness (QED) is 0.0596. The zero-order valence-corrected chi connectivity index (χ0v) is 24.7. The third-order valence-corrected chi connectivity index (χ3v) is 6.11. The molecule has 0 heterocycles. The first-order chi connectivity index (χ1) is 17.8. The van der Waals surface area contributed by atoms with E-state index in [0.717, 1.165) is 29.6 Å². The highest BCUT2D eigenvalue weighted by Gasteiger charge is 2.25. The first-order valence-corrected chi connectivity index (χ1v) is 13.3. The van der Waals surface area contributed by atoms with Gasteiger partial charge in [-0.05, 0) is 90.9 Å². The first kappa shape index (κ1) is 35.0. The van der Waals surface area contributed by atoms with Gasteiger partial charge in [-0.3, -0.25) is 4.79 Å². The molecule has 0 aromatic rings. The van der Waals surface area contributed by atoms with Gasteiger partial charge in [0.1, 0.15) is 18.0 Å². The molecule has 0 atom stereocenters. The summed E-state index contributed by atoms with van der Waals surface area (Å²) in [4.78, 5) is 25.5. The minimum absolute atomic E-state index is 0.0775. The monoisotopic (exact) mass is 524 g/mol. The molecule has 0 aliphatic carbocycles. The van der Waals surface area contributed by atoms with Gasteiger partial charge in [-0.15, -0.1) is 24.7 Å². The number of hydrogen-bond donors (Lipinski definition) is 0. The molecule has 0 amide bonds. The largest absolute Gasteiger partial charge is 0.509 e. The Kier molecular flexibility index (Phi) is 16.8. The molecule has 5 nitrogen and oxygen atoms in total. The Labute approximate surface area is 231 Å². The van der Waals surface area contributed by atoms with E-state index in [0.29, 0.717) is 37.7 Å². The molecular weight excluding hydrogens is 476 g/mol. The molecule has 0 saturated carbocycles. The Morgan fingerprint density at radius 3 is 2.08 bits per heavy atom. The number of allylic oxidation sites excluding steroid dienone is 5. The number of Topliss-reactive ketones (excluding diaryl/α,β-unsaturated/α-hetero) is 1. The van der Waals surface area contributed by atoms with Gasteiger partial charge in [0.05, 0.1) is 12.2 Å². The van der Waals surface area contributed by atoms with E-state index < -0.39 is 17.4 Å². The highest BCUT2D eigenvalue weighted by molar-refractivity contribution is 5.82. The predicted molar refractivity (Wildman–Crippen MR) is 157 cm³/mol. The summed E-state index contributed by atoms with van der Waals surface area (Å²) < 4.78 is 17.3. The van der Waals surface area contributed by atoms with Crippen LogP contribution in [0, 0.1) is 24.7 Å². The molecule has 0 aromatic heterocycles. The molecule has 0 saturated heterocycles. The third-order valence-electron chi connectivity index (χ3n) is 6.11. The average Bonchev–Trinajstić information content (AvgIpc) is 2.84. The van der Waals surface area contributed by atoms with E-state index in [1.54, 1.807) is 13.8 Å². The topological polar surface area (TPSA) is 61.8 Å². The highest BCUT2D eigenvalue weighted by Crippen LogP contribution is 2.28. The van der Waals surface area contributed by atoms with Crippen LogP contribution in [0.3, 0.4) is 0 Å². The summed E-state index contributed by atoms with van der Waals surface area (Å²) in [5, 5.41) is 0. The van der Waals surface area contributed by atoms with Crippen molar-refractivity contribution in [3.63, 3.8) is 0 Å². The van der Waals surface area contributed by atoms with Crippen LogP contribution in [-0.2, 0) is 19.0 Å². The third kappa shape index (κ3) is 15.3. The lowest BCUT2D eigenvalue weighted by atomic mass is 9.91. The Bertz CT molecular complexity index is 960. The van der Waals surface area contributed by atoms with E-state index in [-0.39, 0.29) is 25.4 Å². The molecule has 0 aromatic carbocycles. The SMILES string of the molecule is C#CCCC(C)(C)OCC(=CC)/C(COC(=O)OC(C)(C)CCC#C)=C(/CC(=O)CCC/C=C\C)C(=C)C. The van der Waals surface area contributed by atoms with Crippen LogP contribution in [0.25, 0.3) is 0 Å². The minimum atomic E-state index is -0.797. The number of terminal acetylenes is 2. The lowest BCUT2D eigenvalue weighted by Gasteiger charge is -2.27. The molecule has 0 fully saturated rings. The summed E-state index contributed by atoms with van der Waals surface area (Å²) in [5.41, 5.74) is 1.79. The van der Waals surface area contributed by atoms with E-state index in [1.165, 1.54) is 0 Å². The van der Waals surface area contributed by atoms with Gasteiger partial charge >= 0.3 is 6.16 Å². The summed E-state index contributed by atoms with van der Waals surface area (Å²) in [6, 6.07) is 0. The number of carbonyl (C=O) groups is 2. The van der Waals surface area contributed by atoms with Crippen LogP contribution in [-0.4, -0.2) is 36.4 Å². The van der Waals surface area contributed by atoms with Gasteiger partial charge in [-0.25, -0.2) is 4.79 Å². The zero-order chi connectivity index (χ0) is 29.2. The normalized spacial score (nSPS) is 12.9. The number of ketones is 1. The molecule has 210 valence electrons. The van der Waals surface area contributed by atoms with Crippen LogP contribution >= 0.6 is 0 Å². The standard InChI is InChI=1S/C33H48O5/c1-11-15-18-19-20-28(34)23-29(26(5)6)30(25-36-31(35)38-33(9,10)22-17-13-3)27(14-4)24-37-32(7,8)21-16-12-2/h2-3,11,14-15H,5,16-25H2,1,4,6-10H3/b15-11-,27-14?,30-29-. The van der Waals surface area contributed by atoms with Gasteiger partial charge in [0.15, 0.2) is 0 Å². The van der Waals surface area contributed by atoms with Crippen LogP contribution in [0.5, 0.6) is 0 Å². The van der Waals surface area contributed by atoms with Crippen molar-refractivity contribution in [2.75, 3.05) is 13.2 Å². The van der Waals surface area contributed by atoms with Gasteiger partial charge in [-0.1, -0.05) is 30.4 Å². The maximum Gasteiger partial charge on any atom is 0.509 e. The molecule has 0 rings (SSSR count). The number of rotatable bonds is 18. The van der Waals surface area contributed by atoms with Gasteiger partial charge in [-0.2, -0.15) is 0 Å². The Morgan fingerprint density at radius 1 is 0.947 bits per heavy atom. The highest BCUT2D eigenvalue weighted by atomic mass is 16.7. The lowest BCUT2D eigenvalue weighted by molar-refractivity contribution is -0.118. The summed E-state index contributed by atoms with van der Waals surface area (Å²) in [5.74, 6) is 5.32. The predicted octanol–water partition coefficient (Wildman–Crippen LogP) is 8.06. The van der Waals surface area contributed by atoms with Crippen LogP contribution in [0.4, 0.5) is 4.79 Å². The molecule has 0 aliphatic rings. The molecule has 0 unspecified atom stereocenters. The van der Waals surface area contributed by atoms with Crippen LogP contribution in [0.2, 0.25) is 0 Å². The molecule has 38 heavy (non-hydrogen) atoms. The second-order valence-corrected chi connectivity index (χ2v) is 10.6. The van der Waals surface area contributed by atoms with E-state index >= 15 is 0 Å². The average molecular weight is 525 g/mol. The minimum Gasteiger partial charge on any atom is -0.429 e. The van der Waals surface area contributed by atoms with Gasteiger partial charge in [0.2, 0.25) is 0 Å². The van der Waals surface area contributed by atoms with Crippen molar-refractivity contribution >= 4 is 11.9 Å². The summed E-state index contributed by atoms with van der Waals surface area (Å²) >= 11 is 0. The van der Waals surface area contributed by atoms with Gasteiger partial charge in [0, 0.05) is 25.7 Å². The smallest absolute Gasteiger partial charge is 0.429 e. The summed E-state index contributed by atoms with van der Waals surface area (Å²) in [6.07, 6.45) is 20.5. The van der Waals surface area contributed by atoms with E-state index in [4.69, 9.17) is 27.1 Å². The fourth-order valence-corrected chi connectivity index (χ4v) is 3.63. The molecule has 0 radical (unpaired) electrons. The summed E-state index contributed by atoms with van der Waals surface area (Å²) in [6.45, 7) is 17.6. The van der Waals surface area contributed by atoms with Gasteiger partial charge in [0.25, 0.3) is 0 Å². The van der Waals surface area contributed by atoms with E-state index in [2.05, 4.69) is 24.5 Å². The number of ether oxygens (including phenoxy) is 3. The van der Waals surface area contributed by atoms with E-state index in [1.807, 2.05) is 46.8 Å². The van der Waals surface area contributed by atoms with Crippen molar-refractivity contribution in [2.45, 2.75) is 111 Å². The zero-order valence-electron chi connectivity index (χ0n) is 24.7. The van der Waals surface area contributed by atoms with Crippen molar-refractivity contribution in [3.05, 3.63) is 47.1 Å². The fourth-order valence-electron chi connectivity index (χ4n) is 3.63. The van der Waals surface area contributed by atoms with Crippen LogP contribution < -0.4 is 0 Å². The second kappa shape index (κ2) is 18.3. The molecule has 5 heteroatoms. The molecule has 0 bridgehead atoms. The molecule has 0 aliphatic heterocycles. The maximum atomic E-state index is 12.9. The number of unbranched alkanes of at least 4 members (excludes halogenated alkanes) is 1. The van der Waals surface area contributed by atoms with Crippen molar-refractivity contribution in [2.24, 2.45) is 0 Å². The van der Waals surface area contributed by atoms with Crippen molar-refractivity contribution in [1.29, 1.82) is 0 Å². The Balaban J connectivity index is 5.99. The molecule has 0 spiro atoms. The van der Waals surface area contributed by atoms with Crippen molar-refractivity contribution in [3.8, 4) is 24.7 Å². The molecular formula is C33H48O5.